The predicted octanol–water partition coefficient (Wildman–Crippen LogP) is 2.48. The predicted molar refractivity (Wildman–Crippen MR) is 81.7 cm³/mol. The Bertz CT molecular complexity index is 640. The molecule has 0 spiro atoms. The first-order valence-electron chi connectivity index (χ1n) is 6.53. The normalized spacial score (nSPS) is 10.9. The van der Waals surface area contributed by atoms with E-state index in [9.17, 15) is 4.79 Å². The van der Waals surface area contributed by atoms with Crippen LogP contribution in [0.1, 0.15) is 27.4 Å². The van der Waals surface area contributed by atoms with E-state index < -0.39 is 5.91 Å². The number of hydrazine groups is 1. The van der Waals surface area contributed by atoms with Crippen molar-refractivity contribution in [1.82, 2.24) is 10.3 Å². The highest BCUT2D eigenvalue weighted by Crippen LogP contribution is 2.17. The zero-order chi connectivity index (χ0) is 15.4. The Kier molecular flexibility index (Phi) is 5.01. The molecule has 112 valence electrons. The Morgan fingerprint density at radius 3 is 2.81 bits per heavy atom. The van der Waals surface area contributed by atoms with E-state index in [0.717, 1.165) is 28.5 Å². The molecule has 1 heterocycles. The average Bonchev–Trinajstić information content (AvgIpc) is 2.78. The van der Waals surface area contributed by atoms with Crippen LogP contribution < -0.4 is 11.3 Å². The molecular formula is C15H18ClN3O2. The average molecular weight is 308 g/mol. The molecule has 2 rings (SSSR count). The quantitative estimate of drug-likeness (QED) is 0.506. The largest absolute Gasteiger partial charge is 0.454 e. The molecule has 0 aliphatic heterocycles. The molecule has 0 aliphatic carbocycles. The van der Waals surface area contributed by atoms with Gasteiger partial charge in [0.25, 0.3) is 0 Å². The van der Waals surface area contributed by atoms with Crippen molar-refractivity contribution in [3.8, 4) is 0 Å². The number of furan rings is 1. The molecule has 0 bridgehead atoms. The van der Waals surface area contributed by atoms with Crippen LogP contribution in [-0.2, 0) is 13.1 Å². The number of rotatable bonds is 5. The van der Waals surface area contributed by atoms with Gasteiger partial charge in [0.1, 0.15) is 5.76 Å². The summed E-state index contributed by atoms with van der Waals surface area (Å²) in [5, 5.41) is 0.719. The lowest BCUT2D eigenvalue weighted by molar-refractivity contribution is 0.0921. The van der Waals surface area contributed by atoms with Crippen molar-refractivity contribution in [2.24, 2.45) is 5.84 Å². The summed E-state index contributed by atoms with van der Waals surface area (Å²) in [5.74, 6) is 5.67. The zero-order valence-corrected chi connectivity index (χ0v) is 12.8. The number of amides is 1. The molecule has 1 aromatic heterocycles. The highest BCUT2D eigenvalue weighted by molar-refractivity contribution is 6.30. The van der Waals surface area contributed by atoms with E-state index in [1.807, 2.05) is 44.3 Å². The Labute approximate surface area is 128 Å². The molecule has 0 saturated heterocycles. The molecule has 0 atom stereocenters. The summed E-state index contributed by atoms with van der Waals surface area (Å²) in [6, 6.07) is 9.56. The third kappa shape index (κ3) is 4.07. The number of nitrogens with zero attached hydrogens (tertiary/aromatic N) is 1. The van der Waals surface area contributed by atoms with Gasteiger partial charge in [0.15, 0.2) is 5.76 Å². The van der Waals surface area contributed by atoms with E-state index in [1.54, 1.807) is 0 Å². The van der Waals surface area contributed by atoms with Gasteiger partial charge in [-0.2, -0.15) is 0 Å². The first-order chi connectivity index (χ1) is 9.99. The smallest absolute Gasteiger partial charge is 0.301 e. The van der Waals surface area contributed by atoms with Crippen LogP contribution >= 0.6 is 11.6 Å². The van der Waals surface area contributed by atoms with Crippen LogP contribution in [0, 0.1) is 6.92 Å². The van der Waals surface area contributed by atoms with Gasteiger partial charge in [-0.3, -0.25) is 15.1 Å². The topological polar surface area (TPSA) is 71.5 Å². The SMILES string of the molecule is Cc1cc(CN(C)Cc2cccc(Cl)c2)oc1C(=O)NN. The van der Waals surface area contributed by atoms with E-state index in [-0.39, 0.29) is 5.76 Å². The monoisotopic (exact) mass is 307 g/mol. The van der Waals surface area contributed by atoms with E-state index in [2.05, 4.69) is 10.3 Å². The molecule has 0 aliphatic rings. The first-order valence-corrected chi connectivity index (χ1v) is 6.90. The number of carbonyl (C=O) groups excluding carboxylic acids is 1. The zero-order valence-electron chi connectivity index (χ0n) is 12.0. The minimum absolute atomic E-state index is 0.253. The fraction of sp³-hybridized carbons (Fsp3) is 0.267. The van der Waals surface area contributed by atoms with Crippen molar-refractivity contribution in [2.75, 3.05) is 7.05 Å². The van der Waals surface area contributed by atoms with Gasteiger partial charge in [-0.25, -0.2) is 5.84 Å². The van der Waals surface area contributed by atoms with Gasteiger partial charge in [0, 0.05) is 17.1 Å². The second kappa shape index (κ2) is 6.76. The van der Waals surface area contributed by atoms with Crippen LogP contribution in [-0.4, -0.2) is 17.9 Å². The van der Waals surface area contributed by atoms with Crippen LogP contribution in [0.3, 0.4) is 0 Å². The van der Waals surface area contributed by atoms with Crippen molar-refractivity contribution >= 4 is 17.5 Å². The van der Waals surface area contributed by atoms with Gasteiger partial charge >= 0.3 is 5.91 Å². The van der Waals surface area contributed by atoms with Crippen LogP contribution in [0.25, 0.3) is 0 Å². The number of nitrogen functional groups attached to an aromatic ring is 1. The molecule has 21 heavy (non-hydrogen) atoms. The van der Waals surface area contributed by atoms with Crippen molar-refractivity contribution < 1.29 is 9.21 Å². The molecular weight excluding hydrogens is 290 g/mol. The fourth-order valence-corrected chi connectivity index (χ4v) is 2.40. The van der Waals surface area contributed by atoms with Gasteiger partial charge in [-0.05, 0) is 37.7 Å². The van der Waals surface area contributed by atoms with Gasteiger partial charge in [-0.1, -0.05) is 23.7 Å². The lowest BCUT2D eigenvalue weighted by Gasteiger charge is -2.15. The number of carbonyl (C=O) groups is 1. The molecule has 1 aromatic carbocycles. The molecule has 0 radical (unpaired) electrons. The maximum atomic E-state index is 11.5. The number of hydrogen-bond donors (Lipinski definition) is 2. The number of nitrogens with one attached hydrogen (secondary N) is 1. The maximum absolute atomic E-state index is 11.5. The number of halogens is 1. The van der Waals surface area contributed by atoms with Crippen molar-refractivity contribution in [2.45, 2.75) is 20.0 Å². The summed E-state index contributed by atoms with van der Waals surface area (Å²) in [6.07, 6.45) is 0. The number of hydrogen-bond acceptors (Lipinski definition) is 4. The summed E-state index contributed by atoms with van der Waals surface area (Å²) in [6.45, 7) is 3.14. The molecule has 1 amide bonds. The van der Waals surface area contributed by atoms with Crippen LogP contribution in [0.15, 0.2) is 34.7 Å². The summed E-state index contributed by atoms with van der Waals surface area (Å²) in [4.78, 5) is 13.6. The summed E-state index contributed by atoms with van der Waals surface area (Å²) in [5.41, 5.74) is 3.96. The lowest BCUT2D eigenvalue weighted by Crippen LogP contribution is -2.30. The summed E-state index contributed by atoms with van der Waals surface area (Å²) in [7, 11) is 1.97. The first kappa shape index (κ1) is 15.6. The molecule has 0 unspecified atom stereocenters. The highest BCUT2D eigenvalue weighted by atomic mass is 35.5. The second-order valence-electron chi connectivity index (χ2n) is 5.00. The molecule has 5 nitrogen and oxygen atoms in total. The molecule has 6 heteroatoms. The third-order valence-electron chi connectivity index (χ3n) is 3.07. The number of aryl methyl sites for hydroxylation is 1. The third-order valence-corrected chi connectivity index (χ3v) is 3.31. The Morgan fingerprint density at radius 2 is 2.14 bits per heavy atom. The molecule has 0 saturated carbocycles. The minimum atomic E-state index is -0.420. The van der Waals surface area contributed by atoms with E-state index >= 15 is 0 Å². The van der Waals surface area contributed by atoms with Gasteiger partial charge in [-0.15, -0.1) is 0 Å². The van der Waals surface area contributed by atoms with E-state index in [4.69, 9.17) is 21.9 Å². The lowest BCUT2D eigenvalue weighted by atomic mass is 10.2. The Morgan fingerprint density at radius 1 is 1.38 bits per heavy atom. The van der Waals surface area contributed by atoms with Crippen molar-refractivity contribution in [3.63, 3.8) is 0 Å². The van der Waals surface area contributed by atoms with Crippen LogP contribution in [0.2, 0.25) is 5.02 Å². The van der Waals surface area contributed by atoms with Crippen LogP contribution in [0.5, 0.6) is 0 Å². The van der Waals surface area contributed by atoms with E-state index in [1.165, 1.54) is 0 Å². The maximum Gasteiger partial charge on any atom is 0.301 e. The number of benzene rings is 1. The molecule has 0 fully saturated rings. The van der Waals surface area contributed by atoms with Crippen LogP contribution in [0.4, 0.5) is 0 Å². The summed E-state index contributed by atoms with van der Waals surface area (Å²) >= 11 is 5.97. The fourth-order valence-electron chi connectivity index (χ4n) is 2.19. The Hall–Kier alpha value is -1.82. The van der Waals surface area contributed by atoms with Gasteiger partial charge in [0.2, 0.25) is 0 Å². The van der Waals surface area contributed by atoms with E-state index in [0.29, 0.717) is 6.54 Å². The highest BCUT2D eigenvalue weighted by Gasteiger charge is 2.15. The standard InChI is InChI=1S/C15H18ClN3O2/c1-10-6-13(21-14(10)15(20)18-17)9-19(2)8-11-4-3-5-12(16)7-11/h3-7H,8-9,17H2,1-2H3,(H,18,20). The van der Waals surface area contributed by atoms with Crippen molar-refractivity contribution in [1.29, 1.82) is 0 Å². The van der Waals surface area contributed by atoms with Gasteiger partial charge in [0.05, 0.1) is 6.54 Å². The minimum Gasteiger partial charge on any atom is -0.454 e. The van der Waals surface area contributed by atoms with Gasteiger partial charge < -0.3 is 4.42 Å². The number of nitrogens with two attached hydrogens (primary N) is 1. The van der Waals surface area contributed by atoms with Crippen molar-refractivity contribution in [3.05, 3.63) is 58.0 Å². The molecule has 3 N–H and O–H groups in total. The second-order valence-corrected chi connectivity index (χ2v) is 5.44. The molecule has 2 aromatic rings. The Balaban J connectivity index is 2.03. The summed E-state index contributed by atoms with van der Waals surface area (Å²) < 4.78 is 5.54.